The fraction of sp³-hybridized carbons (Fsp3) is 0.707. The summed E-state index contributed by atoms with van der Waals surface area (Å²) in [5, 5.41) is 0. The number of rotatable bonds is 35. The first kappa shape index (κ1) is 47.8. The van der Waals surface area contributed by atoms with Crippen molar-refractivity contribution in [1.82, 2.24) is 0 Å². The van der Waals surface area contributed by atoms with Crippen LogP contribution in [0.2, 0.25) is 0 Å². The standard InChI is InChI=1S/C41H71O8P/c1-3-5-7-9-11-13-15-17-19-20-22-23-25-27-29-31-33-35-40(42)47-37-39(38-48-50(44,45)46)49-41(43)36-34-32-30-28-26-24-21-18-16-14-12-10-8-6-4-2/h7,9,13,15,18-21,23,25,39H,3-6,8,10-12,14,16-17,22,24,26-38H2,1-2H3,(H2,44,45,46)/b9-7+,15-13+,20-19+,21-18+,25-23+/t39-/m1/s1. The monoisotopic (exact) mass is 722 g/mol. The summed E-state index contributed by atoms with van der Waals surface area (Å²) in [6.07, 6.45) is 45.1. The van der Waals surface area contributed by atoms with Gasteiger partial charge in [0.05, 0.1) is 6.61 Å². The van der Waals surface area contributed by atoms with Crippen molar-refractivity contribution in [3.63, 3.8) is 0 Å². The molecule has 0 unspecified atom stereocenters. The average molecular weight is 723 g/mol. The lowest BCUT2D eigenvalue weighted by molar-refractivity contribution is -0.161. The topological polar surface area (TPSA) is 119 Å². The molecule has 0 aromatic carbocycles. The van der Waals surface area contributed by atoms with Gasteiger partial charge in [-0.1, -0.05) is 139 Å². The van der Waals surface area contributed by atoms with E-state index in [4.69, 9.17) is 19.3 Å². The Kier molecular flexibility index (Phi) is 34.9. The molecule has 0 fully saturated rings. The van der Waals surface area contributed by atoms with Crippen LogP contribution < -0.4 is 0 Å². The molecule has 0 saturated carbocycles. The number of allylic oxidation sites excluding steroid dienone is 10. The van der Waals surface area contributed by atoms with Gasteiger partial charge >= 0.3 is 19.8 Å². The van der Waals surface area contributed by atoms with E-state index in [2.05, 4.69) is 79.1 Å². The van der Waals surface area contributed by atoms with Crippen LogP contribution >= 0.6 is 7.82 Å². The van der Waals surface area contributed by atoms with Crippen molar-refractivity contribution in [2.45, 2.75) is 174 Å². The number of phosphoric acid groups is 1. The number of carbonyl (C=O) groups is 2. The summed E-state index contributed by atoms with van der Waals surface area (Å²) in [5.41, 5.74) is 0. The van der Waals surface area contributed by atoms with Gasteiger partial charge in [0.25, 0.3) is 0 Å². The Bertz CT molecular complexity index is 995. The van der Waals surface area contributed by atoms with Crippen molar-refractivity contribution in [2.24, 2.45) is 0 Å². The molecule has 0 rings (SSSR count). The third-order valence-electron chi connectivity index (χ3n) is 7.99. The Morgan fingerprint density at radius 1 is 0.520 bits per heavy atom. The van der Waals surface area contributed by atoms with Gasteiger partial charge in [-0.3, -0.25) is 14.1 Å². The van der Waals surface area contributed by atoms with Gasteiger partial charge in [0.2, 0.25) is 0 Å². The van der Waals surface area contributed by atoms with Crippen LogP contribution in [0.5, 0.6) is 0 Å². The lowest BCUT2D eigenvalue weighted by atomic mass is 10.1. The molecular weight excluding hydrogens is 651 g/mol. The largest absolute Gasteiger partial charge is 0.469 e. The summed E-state index contributed by atoms with van der Waals surface area (Å²) in [5.74, 6) is -0.935. The minimum atomic E-state index is -4.76. The summed E-state index contributed by atoms with van der Waals surface area (Å²) < 4.78 is 26.3. The first-order valence-electron chi connectivity index (χ1n) is 19.6. The lowest BCUT2D eigenvalue weighted by Crippen LogP contribution is -2.29. The van der Waals surface area contributed by atoms with Crippen LogP contribution in [0, 0.1) is 0 Å². The Morgan fingerprint density at radius 2 is 0.940 bits per heavy atom. The zero-order chi connectivity index (χ0) is 36.8. The van der Waals surface area contributed by atoms with Crippen LogP contribution in [-0.2, 0) is 28.2 Å². The first-order valence-corrected chi connectivity index (χ1v) is 21.1. The van der Waals surface area contributed by atoms with E-state index >= 15 is 0 Å². The summed E-state index contributed by atoms with van der Waals surface area (Å²) in [4.78, 5) is 42.7. The quantitative estimate of drug-likeness (QED) is 0.0287. The number of unbranched alkanes of at least 4 members (excludes halogenated alkanes) is 15. The molecular formula is C41H71O8P. The van der Waals surface area contributed by atoms with E-state index in [1.807, 2.05) is 0 Å². The molecule has 2 N–H and O–H groups in total. The van der Waals surface area contributed by atoms with Crippen molar-refractivity contribution in [2.75, 3.05) is 13.2 Å². The van der Waals surface area contributed by atoms with Gasteiger partial charge < -0.3 is 19.3 Å². The third kappa shape index (κ3) is 38.6. The number of phosphoric ester groups is 1. The van der Waals surface area contributed by atoms with Gasteiger partial charge in [0.15, 0.2) is 6.10 Å². The number of esters is 2. The maximum Gasteiger partial charge on any atom is 0.469 e. The summed E-state index contributed by atoms with van der Waals surface area (Å²) >= 11 is 0. The van der Waals surface area contributed by atoms with E-state index in [0.717, 1.165) is 77.0 Å². The van der Waals surface area contributed by atoms with E-state index in [1.165, 1.54) is 51.4 Å². The van der Waals surface area contributed by atoms with Gasteiger partial charge in [-0.25, -0.2) is 4.57 Å². The second kappa shape index (κ2) is 36.5. The molecule has 0 aromatic rings. The second-order valence-corrected chi connectivity index (χ2v) is 14.1. The van der Waals surface area contributed by atoms with Gasteiger partial charge in [-0.05, 0) is 77.0 Å². The van der Waals surface area contributed by atoms with E-state index < -0.39 is 32.5 Å². The predicted molar refractivity (Wildman–Crippen MR) is 207 cm³/mol. The van der Waals surface area contributed by atoms with Gasteiger partial charge in [-0.2, -0.15) is 0 Å². The fourth-order valence-corrected chi connectivity index (χ4v) is 5.42. The maximum atomic E-state index is 12.4. The van der Waals surface area contributed by atoms with Crippen molar-refractivity contribution < 1.29 is 37.9 Å². The molecule has 0 saturated heterocycles. The maximum absolute atomic E-state index is 12.4. The number of hydrogen-bond acceptors (Lipinski definition) is 6. The molecule has 0 amide bonds. The van der Waals surface area contributed by atoms with Crippen LogP contribution in [0.3, 0.4) is 0 Å². The highest BCUT2D eigenvalue weighted by Gasteiger charge is 2.22. The Labute approximate surface area is 305 Å². The van der Waals surface area contributed by atoms with Crippen LogP contribution in [-0.4, -0.2) is 41.0 Å². The third-order valence-corrected chi connectivity index (χ3v) is 8.48. The molecule has 0 aliphatic carbocycles. The normalized spacial score (nSPS) is 13.1. The predicted octanol–water partition coefficient (Wildman–Crippen LogP) is 11.7. The zero-order valence-corrected chi connectivity index (χ0v) is 32.4. The van der Waals surface area contributed by atoms with Crippen molar-refractivity contribution in [1.29, 1.82) is 0 Å². The lowest BCUT2D eigenvalue weighted by Gasteiger charge is -2.18. The van der Waals surface area contributed by atoms with E-state index in [0.29, 0.717) is 12.8 Å². The molecule has 0 radical (unpaired) electrons. The molecule has 0 spiro atoms. The molecule has 0 aliphatic rings. The van der Waals surface area contributed by atoms with Crippen LogP contribution in [0.4, 0.5) is 0 Å². The number of carbonyl (C=O) groups excluding carboxylic acids is 2. The molecule has 8 nitrogen and oxygen atoms in total. The highest BCUT2D eigenvalue weighted by Crippen LogP contribution is 2.36. The molecule has 288 valence electrons. The van der Waals surface area contributed by atoms with Gasteiger partial charge in [-0.15, -0.1) is 0 Å². The Hall–Kier alpha value is -2.25. The summed E-state index contributed by atoms with van der Waals surface area (Å²) in [6, 6.07) is 0. The van der Waals surface area contributed by atoms with Gasteiger partial charge in [0, 0.05) is 12.8 Å². The Balaban J connectivity index is 4.04. The molecule has 0 aromatic heterocycles. The smallest absolute Gasteiger partial charge is 0.462 e. The summed E-state index contributed by atoms with van der Waals surface area (Å²) in [7, 11) is -4.76. The Morgan fingerprint density at radius 3 is 1.46 bits per heavy atom. The highest BCUT2D eigenvalue weighted by atomic mass is 31.2. The molecule has 9 heteroatoms. The molecule has 50 heavy (non-hydrogen) atoms. The molecule has 0 bridgehead atoms. The first-order chi connectivity index (χ1) is 24.3. The van der Waals surface area contributed by atoms with Crippen molar-refractivity contribution in [3.05, 3.63) is 60.8 Å². The van der Waals surface area contributed by atoms with E-state index in [9.17, 15) is 14.2 Å². The minimum Gasteiger partial charge on any atom is -0.462 e. The minimum absolute atomic E-state index is 0.192. The van der Waals surface area contributed by atoms with Crippen LogP contribution in [0.25, 0.3) is 0 Å². The number of ether oxygens (including phenoxy) is 2. The van der Waals surface area contributed by atoms with E-state index in [1.54, 1.807) is 0 Å². The van der Waals surface area contributed by atoms with E-state index in [-0.39, 0.29) is 19.4 Å². The van der Waals surface area contributed by atoms with Crippen LogP contribution in [0.1, 0.15) is 168 Å². The molecule has 1 atom stereocenters. The average Bonchev–Trinajstić information content (AvgIpc) is 3.08. The van der Waals surface area contributed by atoms with Crippen molar-refractivity contribution >= 4 is 19.8 Å². The molecule has 0 heterocycles. The van der Waals surface area contributed by atoms with Gasteiger partial charge in [0.1, 0.15) is 6.61 Å². The van der Waals surface area contributed by atoms with Crippen LogP contribution in [0.15, 0.2) is 60.8 Å². The molecule has 0 aliphatic heterocycles. The second-order valence-electron chi connectivity index (χ2n) is 12.9. The van der Waals surface area contributed by atoms with Crippen molar-refractivity contribution in [3.8, 4) is 0 Å². The highest BCUT2D eigenvalue weighted by molar-refractivity contribution is 7.46. The number of hydrogen-bond donors (Lipinski definition) is 2. The summed E-state index contributed by atoms with van der Waals surface area (Å²) in [6.45, 7) is 3.56. The fourth-order valence-electron chi connectivity index (χ4n) is 5.06. The zero-order valence-electron chi connectivity index (χ0n) is 31.5. The SMILES string of the molecule is CCC/C=C/C/C=C/C/C=C/C/C=C/CCCCCC(=O)OC[C@H](COP(=O)(O)O)OC(=O)CCCCCCC/C=C/CCCCCCCC.